The Morgan fingerprint density at radius 1 is 1.37 bits per heavy atom. The van der Waals surface area contributed by atoms with Gasteiger partial charge in [0.25, 0.3) is 0 Å². The van der Waals surface area contributed by atoms with Crippen LogP contribution in [0.5, 0.6) is 0 Å². The predicted molar refractivity (Wildman–Crippen MR) is 78.4 cm³/mol. The van der Waals surface area contributed by atoms with Crippen LogP contribution in [0.15, 0.2) is 0 Å². The standard InChI is InChI=1S/C16H31NO2/c1-4-10-17-15(14(5-2)18-3)13-7-11-19-16(12-13)8-6-9-16/h13-15,17H,4-12H2,1-3H3. The molecule has 112 valence electrons. The minimum Gasteiger partial charge on any atom is -0.380 e. The van der Waals surface area contributed by atoms with Gasteiger partial charge in [0.1, 0.15) is 0 Å². The molecule has 0 radical (unpaired) electrons. The van der Waals surface area contributed by atoms with Gasteiger partial charge in [0.05, 0.1) is 11.7 Å². The van der Waals surface area contributed by atoms with E-state index in [1.807, 2.05) is 7.11 Å². The molecule has 0 amide bonds. The second kappa shape index (κ2) is 7.05. The first-order valence-corrected chi connectivity index (χ1v) is 8.15. The van der Waals surface area contributed by atoms with Crippen LogP contribution < -0.4 is 5.32 Å². The molecule has 1 spiro atoms. The van der Waals surface area contributed by atoms with E-state index in [2.05, 4.69) is 19.2 Å². The van der Waals surface area contributed by atoms with Gasteiger partial charge in [-0.1, -0.05) is 13.8 Å². The van der Waals surface area contributed by atoms with Crippen molar-refractivity contribution >= 4 is 0 Å². The second-order valence-electron chi connectivity index (χ2n) is 6.30. The molecule has 0 aromatic carbocycles. The zero-order valence-electron chi connectivity index (χ0n) is 12.9. The molecule has 1 N–H and O–H groups in total. The summed E-state index contributed by atoms with van der Waals surface area (Å²) in [6, 6.07) is 0.497. The lowest BCUT2D eigenvalue weighted by Gasteiger charge is -2.49. The van der Waals surface area contributed by atoms with Gasteiger partial charge >= 0.3 is 0 Å². The Morgan fingerprint density at radius 2 is 2.16 bits per heavy atom. The third-order valence-electron chi connectivity index (χ3n) is 5.04. The molecule has 3 atom stereocenters. The average Bonchev–Trinajstić information content (AvgIpc) is 2.42. The molecular formula is C16H31NO2. The Bertz CT molecular complexity index is 261. The molecule has 1 aliphatic heterocycles. The summed E-state index contributed by atoms with van der Waals surface area (Å²) >= 11 is 0. The van der Waals surface area contributed by atoms with Crippen LogP contribution in [0, 0.1) is 5.92 Å². The van der Waals surface area contributed by atoms with Crippen LogP contribution in [0.3, 0.4) is 0 Å². The Kier molecular flexibility index (Phi) is 5.67. The molecule has 19 heavy (non-hydrogen) atoms. The number of ether oxygens (including phenoxy) is 2. The van der Waals surface area contributed by atoms with Crippen molar-refractivity contribution in [2.45, 2.75) is 76.5 Å². The lowest BCUT2D eigenvalue weighted by atomic mass is 9.69. The molecule has 1 heterocycles. The van der Waals surface area contributed by atoms with E-state index in [9.17, 15) is 0 Å². The van der Waals surface area contributed by atoms with Crippen molar-refractivity contribution in [2.24, 2.45) is 5.92 Å². The third kappa shape index (κ3) is 3.50. The zero-order valence-corrected chi connectivity index (χ0v) is 12.9. The van der Waals surface area contributed by atoms with Crippen LogP contribution in [0.25, 0.3) is 0 Å². The van der Waals surface area contributed by atoms with E-state index in [4.69, 9.17) is 9.47 Å². The molecule has 2 rings (SSSR count). The minimum atomic E-state index is 0.237. The topological polar surface area (TPSA) is 30.5 Å². The van der Waals surface area contributed by atoms with Crippen LogP contribution in [-0.2, 0) is 9.47 Å². The fourth-order valence-electron chi connectivity index (χ4n) is 3.77. The molecule has 0 bridgehead atoms. The van der Waals surface area contributed by atoms with Crippen molar-refractivity contribution in [1.29, 1.82) is 0 Å². The largest absolute Gasteiger partial charge is 0.380 e. The SMILES string of the molecule is CCCNC(C1CCOC2(CCC2)C1)C(CC)OC. The van der Waals surface area contributed by atoms with Crippen molar-refractivity contribution in [2.75, 3.05) is 20.3 Å². The summed E-state index contributed by atoms with van der Waals surface area (Å²) in [5, 5.41) is 3.75. The smallest absolute Gasteiger partial charge is 0.0724 e. The first-order chi connectivity index (χ1) is 9.24. The molecule has 0 aromatic rings. The van der Waals surface area contributed by atoms with Crippen LogP contribution in [-0.4, -0.2) is 38.0 Å². The Balaban J connectivity index is 1.99. The van der Waals surface area contributed by atoms with Crippen LogP contribution in [0.2, 0.25) is 0 Å². The highest BCUT2D eigenvalue weighted by Gasteiger charge is 2.45. The van der Waals surface area contributed by atoms with E-state index in [-0.39, 0.29) is 5.60 Å². The maximum atomic E-state index is 6.06. The molecule has 0 aromatic heterocycles. The molecular weight excluding hydrogens is 238 g/mol. The van der Waals surface area contributed by atoms with Gasteiger partial charge in [-0.05, 0) is 57.4 Å². The lowest BCUT2D eigenvalue weighted by molar-refractivity contribution is -0.152. The molecule has 2 aliphatic rings. The van der Waals surface area contributed by atoms with E-state index in [1.165, 1.54) is 38.5 Å². The lowest BCUT2D eigenvalue weighted by Crippen LogP contribution is -2.54. The monoisotopic (exact) mass is 269 g/mol. The molecule has 3 heteroatoms. The Labute approximate surface area is 118 Å². The average molecular weight is 269 g/mol. The van der Waals surface area contributed by atoms with Crippen molar-refractivity contribution in [1.82, 2.24) is 5.32 Å². The number of hydrogen-bond acceptors (Lipinski definition) is 3. The summed E-state index contributed by atoms with van der Waals surface area (Å²) in [6.07, 6.45) is 8.92. The number of hydrogen-bond donors (Lipinski definition) is 1. The van der Waals surface area contributed by atoms with Crippen molar-refractivity contribution in [3.05, 3.63) is 0 Å². The van der Waals surface area contributed by atoms with Crippen molar-refractivity contribution in [3.8, 4) is 0 Å². The minimum absolute atomic E-state index is 0.237. The quantitative estimate of drug-likeness (QED) is 0.770. The van der Waals surface area contributed by atoms with E-state index in [0.717, 1.165) is 19.6 Å². The van der Waals surface area contributed by atoms with Crippen LogP contribution in [0.1, 0.15) is 58.8 Å². The molecule has 1 saturated carbocycles. The van der Waals surface area contributed by atoms with E-state index in [0.29, 0.717) is 18.1 Å². The van der Waals surface area contributed by atoms with Gasteiger partial charge in [-0.2, -0.15) is 0 Å². The van der Waals surface area contributed by atoms with Gasteiger partial charge in [0.2, 0.25) is 0 Å². The fraction of sp³-hybridized carbons (Fsp3) is 1.00. The van der Waals surface area contributed by atoms with E-state index < -0.39 is 0 Å². The zero-order chi connectivity index (χ0) is 13.7. The second-order valence-corrected chi connectivity index (χ2v) is 6.30. The fourth-order valence-corrected chi connectivity index (χ4v) is 3.77. The first-order valence-electron chi connectivity index (χ1n) is 8.15. The number of rotatable bonds is 7. The molecule has 2 fully saturated rings. The van der Waals surface area contributed by atoms with Gasteiger partial charge in [-0.3, -0.25) is 0 Å². The van der Waals surface area contributed by atoms with Gasteiger partial charge in [0.15, 0.2) is 0 Å². The summed E-state index contributed by atoms with van der Waals surface area (Å²) in [7, 11) is 1.85. The van der Waals surface area contributed by atoms with Gasteiger partial charge in [-0.25, -0.2) is 0 Å². The third-order valence-corrected chi connectivity index (χ3v) is 5.04. The number of methoxy groups -OCH3 is 1. The van der Waals surface area contributed by atoms with Crippen molar-refractivity contribution < 1.29 is 9.47 Å². The first kappa shape index (κ1) is 15.3. The van der Waals surface area contributed by atoms with Gasteiger partial charge < -0.3 is 14.8 Å². The highest BCUT2D eigenvalue weighted by molar-refractivity contribution is 4.98. The van der Waals surface area contributed by atoms with Gasteiger partial charge in [0, 0.05) is 19.8 Å². The maximum absolute atomic E-state index is 6.06. The normalized spacial score (nSPS) is 28.9. The van der Waals surface area contributed by atoms with Crippen LogP contribution in [0.4, 0.5) is 0 Å². The summed E-state index contributed by atoms with van der Waals surface area (Å²) in [6.45, 7) is 6.49. The molecule has 1 aliphatic carbocycles. The highest BCUT2D eigenvalue weighted by Crippen LogP contribution is 2.45. The Hall–Kier alpha value is -0.120. The molecule has 3 unspecified atom stereocenters. The van der Waals surface area contributed by atoms with E-state index in [1.54, 1.807) is 0 Å². The van der Waals surface area contributed by atoms with E-state index >= 15 is 0 Å². The highest BCUT2D eigenvalue weighted by atomic mass is 16.5. The summed E-state index contributed by atoms with van der Waals surface area (Å²) in [5.41, 5.74) is 0.237. The predicted octanol–water partition coefficient (Wildman–Crippen LogP) is 3.13. The molecule has 1 saturated heterocycles. The van der Waals surface area contributed by atoms with Gasteiger partial charge in [-0.15, -0.1) is 0 Å². The Morgan fingerprint density at radius 3 is 2.68 bits per heavy atom. The molecule has 3 nitrogen and oxygen atoms in total. The summed E-state index contributed by atoms with van der Waals surface area (Å²) in [5.74, 6) is 0.713. The maximum Gasteiger partial charge on any atom is 0.0724 e. The van der Waals surface area contributed by atoms with Crippen LogP contribution >= 0.6 is 0 Å². The summed E-state index contributed by atoms with van der Waals surface area (Å²) in [4.78, 5) is 0. The van der Waals surface area contributed by atoms with Crippen molar-refractivity contribution in [3.63, 3.8) is 0 Å². The summed E-state index contributed by atoms with van der Waals surface area (Å²) < 4.78 is 11.8. The number of nitrogens with one attached hydrogen (secondary N) is 1.